The first-order chi connectivity index (χ1) is 8.56. The van der Waals surface area contributed by atoms with Gasteiger partial charge in [-0.2, -0.15) is 0 Å². The zero-order valence-electron chi connectivity index (χ0n) is 10.8. The number of hydrogen-bond acceptors (Lipinski definition) is 3. The Morgan fingerprint density at radius 1 is 1.39 bits per heavy atom. The highest BCUT2D eigenvalue weighted by molar-refractivity contribution is 5.91. The van der Waals surface area contributed by atoms with Crippen LogP contribution < -0.4 is 5.32 Å². The van der Waals surface area contributed by atoms with E-state index in [0.717, 1.165) is 11.3 Å². The van der Waals surface area contributed by atoms with Crippen LogP contribution in [0.2, 0.25) is 0 Å². The number of ether oxygens (including phenoxy) is 1. The van der Waals surface area contributed by atoms with Gasteiger partial charge in [0.05, 0.1) is 25.7 Å². The summed E-state index contributed by atoms with van der Waals surface area (Å²) in [4.78, 5) is 11.7. The molecule has 0 aliphatic carbocycles. The summed E-state index contributed by atoms with van der Waals surface area (Å²) in [5.41, 5.74) is 3.06. The van der Waals surface area contributed by atoms with E-state index in [-0.39, 0.29) is 18.2 Å². The van der Waals surface area contributed by atoms with Crippen molar-refractivity contribution in [1.82, 2.24) is 0 Å². The van der Waals surface area contributed by atoms with Gasteiger partial charge >= 0.3 is 0 Å². The largest absolute Gasteiger partial charge is 0.392 e. The summed E-state index contributed by atoms with van der Waals surface area (Å²) in [5.74, 6) is -0.0702. The Balaban J connectivity index is 1.95. The Bertz CT molecular complexity index is 443. The van der Waals surface area contributed by atoms with Crippen molar-refractivity contribution < 1.29 is 14.6 Å². The summed E-state index contributed by atoms with van der Waals surface area (Å²) in [7, 11) is 0. The fraction of sp³-hybridized carbons (Fsp3) is 0.500. The van der Waals surface area contributed by atoms with Crippen LogP contribution in [0.1, 0.15) is 31.4 Å². The molecular weight excluding hydrogens is 230 g/mol. The molecule has 0 bridgehead atoms. The van der Waals surface area contributed by atoms with Gasteiger partial charge in [0, 0.05) is 5.69 Å². The van der Waals surface area contributed by atoms with Crippen molar-refractivity contribution in [3.63, 3.8) is 0 Å². The molecule has 0 aromatic heterocycles. The number of anilines is 1. The molecule has 1 heterocycles. The smallest absolute Gasteiger partial charge is 0.226 e. The van der Waals surface area contributed by atoms with Crippen LogP contribution in [0.5, 0.6) is 0 Å². The first-order valence-electron chi connectivity index (χ1n) is 6.23. The maximum atomic E-state index is 11.7. The van der Waals surface area contributed by atoms with Gasteiger partial charge in [-0.25, -0.2) is 0 Å². The lowest BCUT2D eigenvalue weighted by atomic mass is 10.0. The molecule has 2 rings (SSSR count). The molecule has 0 radical (unpaired) electrons. The molecule has 1 amide bonds. The van der Waals surface area contributed by atoms with Gasteiger partial charge in [-0.05, 0) is 29.2 Å². The predicted molar refractivity (Wildman–Crippen MR) is 69.0 cm³/mol. The molecule has 0 saturated heterocycles. The Kier molecular flexibility index (Phi) is 3.99. The van der Waals surface area contributed by atoms with Crippen LogP contribution in [0.15, 0.2) is 18.2 Å². The number of rotatable bonds is 4. The van der Waals surface area contributed by atoms with Gasteiger partial charge < -0.3 is 15.2 Å². The van der Waals surface area contributed by atoms with Crippen molar-refractivity contribution >= 4 is 11.6 Å². The van der Waals surface area contributed by atoms with Crippen molar-refractivity contribution in [3.8, 4) is 0 Å². The highest BCUT2D eigenvalue weighted by atomic mass is 16.5. The number of benzene rings is 1. The number of amides is 1. The molecule has 98 valence electrons. The number of aliphatic hydroxyl groups excluding tert-OH is 1. The van der Waals surface area contributed by atoms with Crippen LogP contribution >= 0.6 is 0 Å². The van der Waals surface area contributed by atoms with Crippen molar-refractivity contribution in [2.24, 2.45) is 5.92 Å². The molecule has 0 saturated carbocycles. The summed E-state index contributed by atoms with van der Waals surface area (Å²) in [6.07, 6.45) is -0.464. The van der Waals surface area contributed by atoms with Gasteiger partial charge in [0.2, 0.25) is 5.91 Å². The number of hydrogen-bond donors (Lipinski definition) is 2. The van der Waals surface area contributed by atoms with E-state index in [9.17, 15) is 9.90 Å². The van der Waals surface area contributed by atoms with Crippen molar-refractivity contribution in [1.29, 1.82) is 0 Å². The Labute approximate surface area is 107 Å². The lowest BCUT2D eigenvalue weighted by Crippen LogP contribution is -2.23. The molecule has 0 fully saturated rings. The van der Waals surface area contributed by atoms with Gasteiger partial charge in [-0.3, -0.25) is 4.79 Å². The van der Waals surface area contributed by atoms with E-state index >= 15 is 0 Å². The van der Waals surface area contributed by atoms with E-state index in [1.165, 1.54) is 5.56 Å². The van der Waals surface area contributed by atoms with Crippen LogP contribution in [0.25, 0.3) is 0 Å². The maximum Gasteiger partial charge on any atom is 0.226 e. The maximum absolute atomic E-state index is 11.7. The van der Waals surface area contributed by atoms with E-state index in [1.807, 2.05) is 32.0 Å². The van der Waals surface area contributed by atoms with Crippen molar-refractivity contribution in [2.75, 3.05) is 5.32 Å². The summed E-state index contributed by atoms with van der Waals surface area (Å²) in [6.45, 7) is 5.04. The molecule has 1 unspecified atom stereocenters. The molecule has 4 heteroatoms. The monoisotopic (exact) mass is 249 g/mol. The fourth-order valence-electron chi connectivity index (χ4n) is 1.89. The lowest BCUT2D eigenvalue weighted by molar-refractivity contribution is -0.118. The van der Waals surface area contributed by atoms with E-state index in [1.54, 1.807) is 0 Å². The minimum atomic E-state index is -0.595. The van der Waals surface area contributed by atoms with Gasteiger partial charge in [-0.15, -0.1) is 0 Å². The van der Waals surface area contributed by atoms with Gasteiger partial charge in [0.15, 0.2) is 0 Å². The predicted octanol–water partition coefficient (Wildman–Crippen LogP) is 2.06. The van der Waals surface area contributed by atoms with E-state index < -0.39 is 6.10 Å². The van der Waals surface area contributed by atoms with Gasteiger partial charge in [0.25, 0.3) is 0 Å². The molecule has 1 aliphatic rings. The molecule has 1 aromatic carbocycles. The second kappa shape index (κ2) is 5.50. The lowest BCUT2D eigenvalue weighted by Gasteiger charge is -2.14. The Hall–Kier alpha value is -1.39. The highest BCUT2D eigenvalue weighted by Crippen LogP contribution is 2.23. The third kappa shape index (κ3) is 3.09. The quantitative estimate of drug-likeness (QED) is 0.858. The summed E-state index contributed by atoms with van der Waals surface area (Å²) in [5, 5.41) is 12.5. The minimum Gasteiger partial charge on any atom is -0.392 e. The molecule has 4 nitrogen and oxygen atoms in total. The standard InChI is InChI=1S/C14H19NO3/c1-9(2)13(16)6-14(17)15-12-4-3-10-7-18-8-11(10)5-12/h3-5,9,13,16H,6-8H2,1-2H3,(H,15,17). The van der Waals surface area contributed by atoms with Crippen molar-refractivity contribution in [2.45, 2.75) is 39.6 Å². The zero-order valence-corrected chi connectivity index (χ0v) is 10.8. The third-order valence-corrected chi connectivity index (χ3v) is 3.17. The number of fused-ring (bicyclic) bond motifs is 1. The van der Waals surface area contributed by atoms with E-state index in [2.05, 4.69) is 5.32 Å². The molecule has 1 atom stereocenters. The first-order valence-corrected chi connectivity index (χ1v) is 6.23. The van der Waals surface area contributed by atoms with Crippen molar-refractivity contribution in [3.05, 3.63) is 29.3 Å². The molecule has 2 N–H and O–H groups in total. The van der Waals surface area contributed by atoms with Crippen LogP contribution in [0.3, 0.4) is 0 Å². The second-order valence-electron chi connectivity index (χ2n) is 5.04. The molecular formula is C14H19NO3. The SMILES string of the molecule is CC(C)C(O)CC(=O)Nc1ccc2c(c1)COC2. The normalized spacial score (nSPS) is 15.6. The molecule has 1 aliphatic heterocycles. The summed E-state index contributed by atoms with van der Waals surface area (Å²) >= 11 is 0. The molecule has 18 heavy (non-hydrogen) atoms. The number of carbonyl (C=O) groups excluding carboxylic acids is 1. The Morgan fingerprint density at radius 2 is 2.11 bits per heavy atom. The summed E-state index contributed by atoms with van der Waals surface area (Å²) in [6, 6.07) is 5.77. The van der Waals surface area contributed by atoms with Crippen LogP contribution in [-0.2, 0) is 22.7 Å². The van der Waals surface area contributed by atoms with E-state index in [0.29, 0.717) is 13.2 Å². The van der Waals surface area contributed by atoms with Gasteiger partial charge in [-0.1, -0.05) is 19.9 Å². The van der Waals surface area contributed by atoms with Gasteiger partial charge in [0.1, 0.15) is 0 Å². The van der Waals surface area contributed by atoms with Crippen LogP contribution in [0, 0.1) is 5.92 Å². The Morgan fingerprint density at radius 3 is 2.83 bits per heavy atom. The average molecular weight is 249 g/mol. The van der Waals surface area contributed by atoms with E-state index in [4.69, 9.17) is 4.74 Å². The van der Waals surface area contributed by atoms with Crippen LogP contribution in [-0.4, -0.2) is 17.1 Å². The topological polar surface area (TPSA) is 58.6 Å². The molecule has 1 aromatic rings. The average Bonchev–Trinajstić information content (AvgIpc) is 2.75. The number of carbonyl (C=O) groups is 1. The fourth-order valence-corrected chi connectivity index (χ4v) is 1.89. The highest BCUT2D eigenvalue weighted by Gasteiger charge is 2.16. The third-order valence-electron chi connectivity index (χ3n) is 3.17. The second-order valence-corrected chi connectivity index (χ2v) is 5.04. The minimum absolute atomic E-state index is 0.0872. The number of nitrogens with one attached hydrogen (secondary N) is 1. The molecule has 0 spiro atoms. The summed E-state index contributed by atoms with van der Waals surface area (Å²) < 4.78 is 5.32. The van der Waals surface area contributed by atoms with Crippen LogP contribution in [0.4, 0.5) is 5.69 Å². The first kappa shape index (κ1) is 13.1. The number of aliphatic hydroxyl groups is 1. The zero-order chi connectivity index (χ0) is 13.1.